The number of fused-ring (bicyclic) bond motifs is 3. The molecule has 3 aliphatic heterocycles. The number of alkyl halides is 1. The van der Waals surface area contributed by atoms with Gasteiger partial charge in [0.05, 0.1) is 39.4 Å². The fraction of sp³-hybridized carbons (Fsp3) is 0.472. The summed E-state index contributed by atoms with van der Waals surface area (Å²) < 4.78 is 17.4. The smallest absolute Gasteiger partial charge is 0.238 e. The van der Waals surface area contributed by atoms with Crippen molar-refractivity contribution in [1.29, 1.82) is 0 Å². The highest BCUT2D eigenvalue weighted by Crippen LogP contribution is 2.52. The van der Waals surface area contributed by atoms with Gasteiger partial charge in [-0.2, -0.15) is 0 Å². The number of pyridine rings is 2. The van der Waals surface area contributed by atoms with Gasteiger partial charge in [0.1, 0.15) is 5.52 Å². The molecule has 3 aromatic heterocycles. The zero-order valence-electron chi connectivity index (χ0n) is 27.2. The molecule has 0 bridgehead atoms. The number of anilines is 3. The largest absolute Gasteiger partial charge is 0.343 e. The molecule has 1 aliphatic carbocycles. The van der Waals surface area contributed by atoms with E-state index < -0.39 is 11.2 Å². The number of piperidine rings is 2. The van der Waals surface area contributed by atoms with Gasteiger partial charge in [-0.25, -0.2) is 14.4 Å². The van der Waals surface area contributed by atoms with Gasteiger partial charge >= 0.3 is 0 Å². The van der Waals surface area contributed by atoms with E-state index in [2.05, 4.69) is 65.9 Å². The van der Waals surface area contributed by atoms with Crippen LogP contribution in [0, 0.1) is 5.82 Å². The highest BCUT2D eigenvalue weighted by Gasteiger charge is 2.55. The molecule has 4 aliphatic rings. The molecule has 2 amide bonds. The average molecular weight is 763 g/mol. The third-order valence-electron chi connectivity index (χ3n) is 11.1. The number of benzene rings is 1. The van der Waals surface area contributed by atoms with Gasteiger partial charge in [0.25, 0.3) is 0 Å². The molecule has 2 saturated heterocycles. The Morgan fingerprint density at radius 1 is 1.06 bits per heavy atom. The lowest BCUT2D eigenvalue weighted by Crippen LogP contribution is -2.58. The maximum absolute atomic E-state index is 14.7. The van der Waals surface area contributed by atoms with Crippen molar-refractivity contribution < 1.29 is 14.0 Å². The van der Waals surface area contributed by atoms with Gasteiger partial charge in [-0.1, -0.05) is 48.1 Å². The standard InChI is InChI=1S/C36H40FIN8O2/c1-2-32(47)44-14-9-36(10-15-44)26-7-6-23(16-31(26)46(35(36)48)25-17-24(18-25)43-12-4-3-5-13-43)29-19-30-33(45(21-38)22-40-30)34(42-29)41-28-8-11-39-20-27(28)37/h6-8,11,16,19-20,22,24-25H,2-5,9-10,12-15,17-18,21H2,1H3,(H,39,41,42). The van der Waals surface area contributed by atoms with Crippen LogP contribution in [0.3, 0.4) is 0 Å². The van der Waals surface area contributed by atoms with E-state index in [4.69, 9.17) is 4.98 Å². The summed E-state index contributed by atoms with van der Waals surface area (Å²) in [4.78, 5) is 47.5. The van der Waals surface area contributed by atoms with Crippen molar-refractivity contribution in [3.63, 3.8) is 0 Å². The third kappa shape index (κ3) is 5.26. The van der Waals surface area contributed by atoms with Gasteiger partial charge in [0, 0.05) is 49.0 Å². The van der Waals surface area contributed by atoms with E-state index in [0.29, 0.717) is 54.5 Å². The molecule has 6 heterocycles. The number of imidazole rings is 1. The summed E-state index contributed by atoms with van der Waals surface area (Å²) in [6.07, 6.45) is 12.0. The highest BCUT2D eigenvalue weighted by atomic mass is 127. The van der Waals surface area contributed by atoms with Crippen molar-refractivity contribution in [2.24, 2.45) is 0 Å². The van der Waals surface area contributed by atoms with Crippen LogP contribution in [0.25, 0.3) is 22.3 Å². The molecule has 0 radical (unpaired) electrons. The van der Waals surface area contributed by atoms with Crippen LogP contribution >= 0.6 is 22.6 Å². The lowest BCUT2D eigenvalue weighted by atomic mass is 9.73. The molecular formula is C36H40FIN8O2. The van der Waals surface area contributed by atoms with Crippen molar-refractivity contribution in [2.45, 2.75) is 80.3 Å². The van der Waals surface area contributed by atoms with Crippen LogP contribution in [-0.4, -0.2) is 79.4 Å². The number of halogens is 2. The summed E-state index contributed by atoms with van der Waals surface area (Å²) in [5.41, 5.74) is 4.78. The summed E-state index contributed by atoms with van der Waals surface area (Å²) in [5.74, 6) is 0.363. The summed E-state index contributed by atoms with van der Waals surface area (Å²) in [5, 5.41) is 3.20. The van der Waals surface area contributed by atoms with E-state index >= 15 is 0 Å². The van der Waals surface area contributed by atoms with Gasteiger partial charge in [-0.15, -0.1) is 0 Å². The number of rotatable bonds is 7. The van der Waals surface area contributed by atoms with E-state index in [1.807, 2.05) is 22.5 Å². The topological polar surface area (TPSA) is 99.5 Å². The lowest BCUT2D eigenvalue weighted by Gasteiger charge is -2.48. The number of likely N-dealkylation sites (tertiary alicyclic amines) is 2. The number of carbonyl (C=O) groups excluding carboxylic acids is 2. The van der Waals surface area contributed by atoms with Crippen molar-refractivity contribution in [3.8, 4) is 11.3 Å². The molecule has 10 nitrogen and oxygen atoms in total. The Morgan fingerprint density at radius 2 is 1.85 bits per heavy atom. The van der Waals surface area contributed by atoms with E-state index in [9.17, 15) is 14.0 Å². The number of amides is 2. The van der Waals surface area contributed by atoms with E-state index in [1.165, 1.54) is 25.5 Å². The predicted molar refractivity (Wildman–Crippen MR) is 192 cm³/mol. The maximum Gasteiger partial charge on any atom is 0.238 e. The zero-order valence-corrected chi connectivity index (χ0v) is 29.3. The molecule has 1 spiro atoms. The summed E-state index contributed by atoms with van der Waals surface area (Å²) in [6, 6.07) is 10.5. The van der Waals surface area contributed by atoms with Crippen LogP contribution in [0.15, 0.2) is 49.1 Å². The molecule has 8 rings (SSSR count). The number of hydrogen-bond acceptors (Lipinski definition) is 7. The summed E-state index contributed by atoms with van der Waals surface area (Å²) >= 11 is 2.27. The van der Waals surface area contributed by atoms with Gasteiger partial charge in [0.2, 0.25) is 11.8 Å². The first kappa shape index (κ1) is 31.6. The Balaban J connectivity index is 1.18. The maximum atomic E-state index is 14.7. The van der Waals surface area contributed by atoms with Crippen molar-refractivity contribution in [1.82, 2.24) is 29.3 Å². The minimum Gasteiger partial charge on any atom is -0.343 e. The molecule has 0 atom stereocenters. The second kappa shape index (κ2) is 12.7. The normalized spacial score (nSPS) is 22.3. The van der Waals surface area contributed by atoms with E-state index in [0.717, 1.165) is 53.8 Å². The summed E-state index contributed by atoms with van der Waals surface area (Å²) in [6.45, 7) is 5.38. The summed E-state index contributed by atoms with van der Waals surface area (Å²) in [7, 11) is 0. The van der Waals surface area contributed by atoms with Crippen LogP contribution in [0.1, 0.15) is 63.9 Å². The monoisotopic (exact) mass is 762 g/mol. The Labute approximate surface area is 293 Å². The first-order chi connectivity index (χ1) is 23.4. The second-order valence-corrected chi connectivity index (χ2v) is 14.3. The van der Waals surface area contributed by atoms with Crippen molar-refractivity contribution >= 4 is 62.6 Å². The van der Waals surface area contributed by atoms with Gasteiger partial charge in [-0.3, -0.25) is 14.6 Å². The number of aromatic nitrogens is 4. The lowest BCUT2D eigenvalue weighted by molar-refractivity contribution is -0.135. The van der Waals surface area contributed by atoms with Crippen LogP contribution in [0.5, 0.6) is 0 Å². The predicted octanol–water partition coefficient (Wildman–Crippen LogP) is 6.40. The molecule has 0 unspecified atom stereocenters. The quantitative estimate of drug-likeness (QED) is 0.172. The Hall–Kier alpha value is -3.65. The number of carbonyl (C=O) groups is 2. The average Bonchev–Trinajstić information content (AvgIpc) is 3.62. The van der Waals surface area contributed by atoms with E-state index in [1.54, 1.807) is 18.6 Å². The molecule has 4 aromatic rings. The second-order valence-electron chi connectivity index (χ2n) is 13.6. The van der Waals surface area contributed by atoms with Crippen molar-refractivity contribution in [2.75, 3.05) is 36.4 Å². The molecular weight excluding hydrogens is 722 g/mol. The molecule has 1 saturated carbocycles. The number of nitrogens with one attached hydrogen (secondary N) is 1. The van der Waals surface area contributed by atoms with Crippen molar-refractivity contribution in [3.05, 3.63) is 60.4 Å². The van der Waals surface area contributed by atoms with Crippen LogP contribution < -0.4 is 10.2 Å². The number of nitrogens with zero attached hydrogens (tertiary/aromatic N) is 7. The van der Waals surface area contributed by atoms with Gasteiger partial charge in [0.15, 0.2) is 11.6 Å². The van der Waals surface area contributed by atoms with Crippen LogP contribution in [0.2, 0.25) is 0 Å². The molecule has 48 heavy (non-hydrogen) atoms. The first-order valence-electron chi connectivity index (χ1n) is 17.2. The van der Waals surface area contributed by atoms with Gasteiger partial charge < -0.3 is 24.6 Å². The number of hydrogen-bond donors (Lipinski definition) is 1. The zero-order chi connectivity index (χ0) is 33.0. The fourth-order valence-corrected chi connectivity index (χ4v) is 8.85. The van der Waals surface area contributed by atoms with Crippen LogP contribution in [-0.2, 0) is 19.6 Å². The third-order valence-corrected chi connectivity index (χ3v) is 11.8. The SMILES string of the molecule is CCC(=O)N1CCC2(CC1)C(=O)N(C1CC(N3CCCCC3)C1)c1cc(-c3cc4ncn(CI)c4c(Nc4ccncc4F)n3)ccc12. The molecule has 250 valence electrons. The first-order valence-corrected chi connectivity index (χ1v) is 18.7. The fourth-order valence-electron chi connectivity index (χ4n) is 8.33. The minimum absolute atomic E-state index is 0.147. The highest BCUT2D eigenvalue weighted by molar-refractivity contribution is 14.1. The minimum atomic E-state index is -0.628. The Bertz CT molecular complexity index is 1880. The molecule has 3 fully saturated rings. The molecule has 1 N–H and O–H groups in total. The molecule has 1 aromatic carbocycles. The molecule has 12 heteroatoms. The van der Waals surface area contributed by atoms with E-state index in [-0.39, 0.29) is 23.5 Å². The Morgan fingerprint density at radius 3 is 2.58 bits per heavy atom. The Kier molecular flexibility index (Phi) is 8.34. The van der Waals surface area contributed by atoms with Gasteiger partial charge in [-0.05, 0) is 75.4 Å². The van der Waals surface area contributed by atoms with Crippen LogP contribution in [0.4, 0.5) is 21.6 Å².